The van der Waals surface area contributed by atoms with Crippen molar-refractivity contribution in [3.63, 3.8) is 0 Å². The minimum atomic E-state index is -3.59. The Kier molecular flexibility index (Phi) is 6.21. The quantitative estimate of drug-likeness (QED) is 0.397. The molecule has 1 aromatic heterocycles. The average Bonchev–Trinajstić information content (AvgIpc) is 3.61. The lowest BCUT2D eigenvalue weighted by atomic mass is 10.2. The van der Waals surface area contributed by atoms with Gasteiger partial charge in [0.05, 0.1) is 34.3 Å². The Balaban J connectivity index is 1.68. The van der Waals surface area contributed by atoms with E-state index in [1.165, 1.54) is 47.0 Å². The van der Waals surface area contributed by atoms with Crippen molar-refractivity contribution in [1.29, 1.82) is 0 Å². The standard InChI is InChI=1S/C23H21N3O5S2/c1-4-13-26-19-12-7-16(22(28)31-3)14-20(19)32-23(26)24-21(27)15-5-10-18(11-6-15)33(29,30)25(2)17-8-9-17/h1,5-7,10-12,14,17H,8-9,13H2,2-3H3. The Morgan fingerprint density at radius 2 is 1.88 bits per heavy atom. The highest BCUT2D eigenvalue weighted by atomic mass is 32.2. The molecule has 0 radical (unpaired) electrons. The number of carbonyl (C=O) groups excluding carboxylic acids is 2. The molecular formula is C23H21N3O5S2. The Morgan fingerprint density at radius 1 is 1.21 bits per heavy atom. The molecular weight excluding hydrogens is 462 g/mol. The van der Waals surface area contributed by atoms with Crippen LogP contribution in [0.1, 0.15) is 33.6 Å². The maximum absolute atomic E-state index is 12.8. The normalized spacial score (nSPS) is 14.4. The van der Waals surface area contributed by atoms with E-state index < -0.39 is 21.9 Å². The van der Waals surface area contributed by atoms with Crippen molar-refractivity contribution >= 4 is 43.5 Å². The summed E-state index contributed by atoms with van der Waals surface area (Å²) < 4.78 is 33.9. The highest BCUT2D eigenvalue weighted by Gasteiger charge is 2.35. The lowest BCUT2D eigenvalue weighted by molar-refractivity contribution is 0.0600. The number of rotatable bonds is 6. The zero-order valence-corrected chi connectivity index (χ0v) is 19.6. The Bertz CT molecular complexity index is 1460. The molecule has 1 heterocycles. The number of hydrogen-bond acceptors (Lipinski definition) is 6. The molecule has 0 aliphatic heterocycles. The van der Waals surface area contributed by atoms with Gasteiger partial charge in [0.1, 0.15) is 0 Å². The van der Waals surface area contributed by atoms with Gasteiger partial charge in [-0.25, -0.2) is 13.2 Å². The van der Waals surface area contributed by atoms with Crippen molar-refractivity contribution in [3.05, 3.63) is 58.4 Å². The van der Waals surface area contributed by atoms with Crippen LogP contribution in [0.4, 0.5) is 0 Å². The number of amides is 1. The van der Waals surface area contributed by atoms with Gasteiger partial charge in [0.15, 0.2) is 4.80 Å². The molecule has 0 saturated heterocycles. The van der Waals surface area contributed by atoms with Crippen molar-refractivity contribution in [2.75, 3.05) is 14.2 Å². The molecule has 0 atom stereocenters. The van der Waals surface area contributed by atoms with Crippen LogP contribution in [0.25, 0.3) is 10.2 Å². The summed E-state index contributed by atoms with van der Waals surface area (Å²) in [5.74, 6) is 1.55. The molecule has 0 unspecified atom stereocenters. The molecule has 10 heteroatoms. The number of fused-ring (bicyclic) bond motifs is 1. The highest BCUT2D eigenvalue weighted by Crippen LogP contribution is 2.30. The summed E-state index contributed by atoms with van der Waals surface area (Å²) in [7, 11) is -0.719. The summed E-state index contributed by atoms with van der Waals surface area (Å²) in [6.45, 7) is 0.189. The van der Waals surface area contributed by atoms with E-state index in [1.807, 2.05) is 0 Å². The number of carbonyl (C=O) groups is 2. The first kappa shape index (κ1) is 22.9. The molecule has 0 bridgehead atoms. The maximum Gasteiger partial charge on any atom is 0.337 e. The second kappa shape index (κ2) is 8.94. The topological polar surface area (TPSA) is 98.0 Å². The summed E-state index contributed by atoms with van der Waals surface area (Å²) in [5.41, 5.74) is 1.37. The Labute approximate surface area is 195 Å². The first-order valence-corrected chi connectivity index (χ1v) is 12.3. The molecule has 170 valence electrons. The van der Waals surface area contributed by atoms with Crippen molar-refractivity contribution in [3.8, 4) is 12.3 Å². The number of methoxy groups -OCH3 is 1. The van der Waals surface area contributed by atoms with Crippen LogP contribution >= 0.6 is 11.3 Å². The fourth-order valence-corrected chi connectivity index (χ4v) is 5.85. The number of ether oxygens (including phenoxy) is 1. The minimum Gasteiger partial charge on any atom is -0.465 e. The minimum absolute atomic E-state index is 0.0468. The number of nitrogens with zero attached hydrogens (tertiary/aromatic N) is 3. The van der Waals surface area contributed by atoms with Crippen LogP contribution in [0.3, 0.4) is 0 Å². The van der Waals surface area contributed by atoms with Gasteiger partial charge in [-0.05, 0) is 55.3 Å². The van der Waals surface area contributed by atoms with Gasteiger partial charge >= 0.3 is 5.97 Å². The average molecular weight is 484 g/mol. The summed E-state index contributed by atoms with van der Waals surface area (Å²) in [4.78, 5) is 29.4. The largest absolute Gasteiger partial charge is 0.465 e. The molecule has 1 amide bonds. The van der Waals surface area contributed by atoms with E-state index in [4.69, 9.17) is 11.2 Å². The van der Waals surface area contributed by atoms with Gasteiger partial charge in [-0.2, -0.15) is 9.30 Å². The van der Waals surface area contributed by atoms with Gasteiger partial charge < -0.3 is 9.30 Å². The monoisotopic (exact) mass is 483 g/mol. The first-order chi connectivity index (χ1) is 15.8. The molecule has 8 nitrogen and oxygen atoms in total. The smallest absolute Gasteiger partial charge is 0.337 e. The van der Waals surface area contributed by atoms with Gasteiger partial charge in [-0.3, -0.25) is 4.79 Å². The van der Waals surface area contributed by atoms with Crippen molar-refractivity contribution in [2.45, 2.75) is 30.3 Å². The third-order valence-electron chi connectivity index (χ3n) is 5.39. The molecule has 0 N–H and O–H groups in total. The molecule has 0 spiro atoms. The van der Waals surface area contributed by atoms with Gasteiger partial charge in [-0.1, -0.05) is 17.3 Å². The van der Waals surface area contributed by atoms with Gasteiger partial charge in [0, 0.05) is 18.7 Å². The maximum atomic E-state index is 12.8. The van der Waals surface area contributed by atoms with Crippen LogP contribution in [0.5, 0.6) is 0 Å². The van der Waals surface area contributed by atoms with Crippen LogP contribution in [0.15, 0.2) is 52.4 Å². The number of thiazole rings is 1. The number of sulfonamides is 1. The van der Waals surface area contributed by atoms with Crippen LogP contribution < -0.4 is 4.80 Å². The number of esters is 1. The summed E-state index contributed by atoms with van der Waals surface area (Å²) in [5, 5.41) is 0. The van der Waals surface area contributed by atoms with Crippen LogP contribution in [-0.2, 0) is 21.3 Å². The van der Waals surface area contributed by atoms with E-state index in [9.17, 15) is 18.0 Å². The number of terminal acetylenes is 1. The number of hydrogen-bond donors (Lipinski definition) is 0. The zero-order valence-electron chi connectivity index (χ0n) is 18.0. The fourth-order valence-electron chi connectivity index (χ4n) is 3.37. The highest BCUT2D eigenvalue weighted by molar-refractivity contribution is 7.89. The molecule has 3 aromatic rings. The van der Waals surface area contributed by atoms with Gasteiger partial charge in [0.2, 0.25) is 10.0 Å². The predicted octanol–water partition coefficient (Wildman–Crippen LogP) is 2.65. The van der Waals surface area contributed by atoms with Crippen molar-refractivity contribution < 1.29 is 22.7 Å². The van der Waals surface area contributed by atoms with E-state index in [0.29, 0.717) is 10.4 Å². The molecule has 1 saturated carbocycles. The fraction of sp³-hybridized carbons (Fsp3) is 0.261. The van der Waals surface area contributed by atoms with Crippen LogP contribution in [0.2, 0.25) is 0 Å². The molecule has 1 fully saturated rings. The summed E-state index contributed by atoms with van der Waals surface area (Å²) in [6.07, 6.45) is 7.22. The zero-order chi connectivity index (χ0) is 23.8. The van der Waals surface area contributed by atoms with E-state index in [2.05, 4.69) is 10.9 Å². The summed E-state index contributed by atoms with van der Waals surface area (Å²) >= 11 is 1.22. The van der Waals surface area contributed by atoms with E-state index in [1.54, 1.807) is 29.8 Å². The third kappa shape index (κ3) is 4.48. The predicted molar refractivity (Wildman–Crippen MR) is 124 cm³/mol. The SMILES string of the molecule is C#CCn1c(=NC(=O)c2ccc(S(=O)(=O)N(C)C3CC3)cc2)sc2cc(C(=O)OC)ccc21. The Hall–Kier alpha value is -3.26. The number of benzene rings is 2. The second-order valence-corrected chi connectivity index (χ2v) is 10.5. The van der Waals surface area contributed by atoms with Gasteiger partial charge in [-0.15, -0.1) is 6.42 Å². The second-order valence-electron chi connectivity index (χ2n) is 7.54. The molecule has 33 heavy (non-hydrogen) atoms. The summed E-state index contributed by atoms with van der Waals surface area (Å²) in [6, 6.07) is 10.8. The van der Waals surface area contributed by atoms with E-state index in [0.717, 1.165) is 23.1 Å². The van der Waals surface area contributed by atoms with Gasteiger partial charge in [0.25, 0.3) is 5.91 Å². The first-order valence-electron chi connectivity index (χ1n) is 10.1. The molecule has 1 aliphatic carbocycles. The van der Waals surface area contributed by atoms with Crippen molar-refractivity contribution in [1.82, 2.24) is 8.87 Å². The molecule has 1 aliphatic rings. The lowest BCUT2D eigenvalue weighted by Gasteiger charge is -2.16. The molecule has 4 rings (SSSR count). The number of aromatic nitrogens is 1. The Morgan fingerprint density at radius 3 is 2.48 bits per heavy atom. The third-order valence-corrected chi connectivity index (χ3v) is 8.36. The van der Waals surface area contributed by atoms with Crippen LogP contribution in [-0.4, -0.2) is 49.4 Å². The van der Waals surface area contributed by atoms with Crippen molar-refractivity contribution in [2.24, 2.45) is 4.99 Å². The van der Waals surface area contributed by atoms with E-state index >= 15 is 0 Å². The van der Waals surface area contributed by atoms with E-state index in [-0.39, 0.29) is 23.0 Å². The lowest BCUT2D eigenvalue weighted by Crippen LogP contribution is -2.28. The molecule has 2 aromatic carbocycles. The van der Waals surface area contributed by atoms with Crippen LogP contribution in [0, 0.1) is 12.3 Å².